The van der Waals surface area contributed by atoms with Crippen molar-refractivity contribution in [3.8, 4) is 0 Å². The molecule has 3 heteroatoms. The second-order valence-corrected chi connectivity index (χ2v) is 4.37. The van der Waals surface area contributed by atoms with Crippen molar-refractivity contribution in [1.29, 1.82) is 0 Å². The van der Waals surface area contributed by atoms with Crippen LogP contribution in [0, 0.1) is 0 Å². The molecule has 0 aliphatic carbocycles. The van der Waals surface area contributed by atoms with Crippen LogP contribution in [0.4, 0.5) is 5.69 Å². The van der Waals surface area contributed by atoms with Gasteiger partial charge >= 0.3 is 5.97 Å². The Kier molecular flexibility index (Phi) is 2.86. The van der Waals surface area contributed by atoms with E-state index in [1.165, 1.54) is 5.56 Å². The molecule has 0 amide bonds. The second kappa shape index (κ2) is 4.16. The summed E-state index contributed by atoms with van der Waals surface area (Å²) in [5.41, 5.74) is 3.39. The molecule has 0 aromatic heterocycles. The van der Waals surface area contributed by atoms with Crippen molar-refractivity contribution in [2.75, 3.05) is 18.0 Å². The highest BCUT2D eigenvalue weighted by Gasteiger charge is 2.26. The lowest BCUT2D eigenvalue weighted by Gasteiger charge is -2.19. The van der Waals surface area contributed by atoms with Gasteiger partial charge in [-0.15, -0.1) is 0 Å². The third kappa shape index (κ3) is 1.77. The third-order valence-electron chi connectivity index (χ3n) is 3.22. The molecule has 86 valence electrons. The molecule has 0 spiro atoms. The predicted molar refractivity (Wildman–Crippen MR) is 64.1 cm³/mol. The van der Waals surface area contributed by atoms with Crippen molar-refractivity contribution in [2.24, 2.45) is 0 Å². The van der Waals surface area contributed by atoms with E-state index in [9.17, 15) is 4.79 Å². The second-order valence-electron chi connectivity index (χ2n) is 4.37. The van der Waals surface area contributed by atoms with Crippen LogP contribution in [0.25, 0.3) is 0 Å². The van der Waals surface area contributed by atoms with E-state index in [0.717, 1.165) is 24.3 Å². The molecule has 0 saturated heterocycles. The van der Waals surface area contributed by atoms with Gasteiger partial charge in [0.1, 0.15) is 0 Å². The van der Waals surface area contributed by atoms with Gasteiger partial charge in [0.15, 0.2) is 0 Å². The summed E-state index contributed by atoms with van der Waals surface area (Å²) in [6, 6.07) is 6.00. The number of fused-ring (bicyclic) bond motifs is 1. The number of hydrogen-bond acceptors (Lipinski definition) is 2. The number of rotatable bonds is 3. The zero-order valence-corrected chi connectivity index (χ0v) is 9.73. The first-order chi connectivity index (χ1) is 7.63. The van der Waals surface area contributed by atoms with Gasteiger partial charge in [-0.2, -0.15) is 0 Å². The van der Waals surface area contributed by atoms with Crippen molar-refractivity contribution in [1.82, 2.24) is 0 Å². The number of para-hydroxylation sites is 1. The minimum Gasteiger partial charge on any atom is -0.481 e. The van der Waals surface area contributed by atoms with Crippen LogP contribution in [-0.4, -0.2) is 24.2 Å². The van der Waals surface area contributed by atoms with Crippen LogP contribution in [0.15, 0.2) is 18.2 Å². The smallest absolute Gasteiger partial charge is 0.307 e. The summed E-state index contributed by atoms with van der Waals surface area (Å²) in [5.74, 6) is -0.257. The van der Waals surface area contributed by atoms with Crippen LogP contribution in [-0.2, 0) is 11.2 Å². The summed E-state index contributed by atoms with van der Waals surface area (Å²) in [6.45, 7) is 6.24. The van der Waals surface area contributed by atoms with Crippen LogP contribution in [0.1, 0.15) is 30.9 Å². The van der Waals surface area contributed by atoms with Crippen molar-refractivity contribution >= 4 is 11.7 Å². The molecule has 1 aromatic rings. The van der Waals surface area contributed by atoms with Crippen molar-refractivity contribution in [3.05, 3.63) is 29.3 Å². The highest BCUT2D eigenvalue weighted by molar-refractivity contribution is 5.76. The standard InChI is InChI=1S/C13H17NO2/c1-3-14-8-9(2)11-6-4-5-10(13(11)14)7-12(15)16/h4-6,9H,3,7-8H2,1-2H3,(H,15,16). The fourth-order valence-corrected chi connectivity index (χ4v) is 2.51. The van der Waals surface area contributed by atoms with Gasteiger partial charge in [-0.25, -0.2) is 0 Å². The van der Waals surface area contributed by atoms with Crippen molar-refractivity contribution in [2.45, 2.75) is 26.2 Å². The first-order valence-electron chi connectivity index (χ1n) is 5.72. The molecule has 1 aromatic carbocycles. The molecule has 2 rings (SSSR count). The van der Waals surface area contributed by atoms with Gasteiger partial charge in [0.05, 0.1) is 6.42 Å². The molecule has 1 heterocycles. The average molecular weight is 219 g/mol. The van der Waals surface area contributed by atoms with Crippen LogP contribution in [0.3, 0.4) is 0 Å². The summed E-state index contributed by atoms with van der Waals surface area (Å²) >= 11 is 0. The lowest BCUT2D eigenvalue weighted by Crippen LogP contribution is -2.21. The average Bonchev–Trinajstić information content (AvgIpc) is 2.56. The number of anilines is 1. The Bertz CT molecular complexity index is 414. The summed E-state index contributed by atoms with van der Waals surface area (Å²) in [4.78, 5) is 13.1. The Morgan fingerprint density at radius 3 is 2.94 bits per heavy atom. The SMILES string of the molecule is CCN1CC(C)c2cccc(CC(=O)O)c21. The fraction of sp³-hybridized carbons (Fsp3) is 0.462. The van der Waals surface area contributed by atoms with E-state index in [1.807, 2.05) is 12.1 Å². The number of nitrogens with zero attached hydrogens (tertiary/aromatic N) is 1. The zero-order chi connectivity index (χ0) is 11.7. The van der Waals surface area contributed by atoms with Gasteiger partial charge < -0.3 is 10.0 Å². The molecule has 1 aliphatic heterocycles. The normalized spacial score (nSPS) is 18.6. The van der Waals surface area contributed by atoms with Gasteiger partial charge in [0, 0.05) is 24.7 Å². The first-order valence-corrected chi connectivity index (χ1v) is 5.72. The van der Waals surface area contributed by atoms with E-state index in [0.29, 0.717) is 5.92 Å². The molecule has 1 N–H and O–H groups in total. The third-order valence-corrected chi connectivity index (χ3v) is 3.22. The molecule has 0 saturated carbocycles. The summed E-state index contributed by atoms with van der Waals surface area (Å²) < 4.78 is 0. The number of carbonyl (C=O) groups is 1. The van der Waals surface area contributed by atoms with Crippen LogP contribution >= 0.6 is 0 Å². The van der Waals surface area contributed by atoms with Gasteiger partial charge in [-0.05, 0) is 18.1 Å². The highest BCUT2D eigenvalue weighted by Crippen LogP contribution is 2.38. The van der Waals surface area contributed by atoms with Gasteiger partial charge in [0.2, 0.25) is 0 Å². The maximum absolute atomic E-state index is 10.8. The molecule has 1 atom stereocenters. The van der Waals surface area contributed by atoms with E-state index < -0.39 is 5.97 Å². The monoisotopic (exact) mass is 219 g/mol. The van der Waals surface area contributed by atoms with E-state index in [-0.39, 0.29) is 6.42 Å². The molecule has 0 fully saturated rings. The first kappa shape index (κ1) is 11.0. The largest absolute Gasteiger partial charge is 0.481 e. The quantitative estimate of drug-likeness (QED) is 0.847. The Morgan fingerprint density at radius 1 is 1.56 bits per heavy atom. The molecular weight excluding hydrogens is 202 g/mol. The topological polar surface area (TPSA) is 40.5 Å². The van der Waals surface area contributed by atoms with E-state index in [1.54, 1.807) is 0 Å². The Balaban J connectivity index is 2.45. The summed E-state index contributed by atoms with van der Waals surface area (Å²) in [7, 11) is 0. The maximum Gasteiger partial charge on any atom is 0.307 e. The van der Waals surface area contributed by atoms with Gasteiger partial charge in [-0.3, -0.25) is 4.79 Å². The molecule has 0 bridgehead atoms. The number of likely N-dealkylation sites (N-methyl/N-ethyl adjacent to an activating group) is 1. The number of hydrogen-bond donors (Lipinski definition) is 1. The molecule has 1 aliphatic rings. The van der Waals surface area contributed by atoms with Crippen molar-refractivity contribution < 1.29 is 9.90 Å². The van der Waals surface area contributed by atoms with Crippen LogP contribution in [0.2, 0.25) is 0 Å². The molecule has 3 nitrogen and oxygen atoms in total. The van der Waals surface area contributed by atoms with Crippen LogP contribution < -0.4 is 4.90 Å². The molecule has 16 heavy (non-hydrogen) atoms. The number of carboxylic acid groups (broad SMARTS) is 1. The van der Waals surface area contributed by atoms with Gasteiger partial charge in [-0.1, -0.05) is 25.1 Å². The Labute approximate surface area is 95.7 Å². The number of benzene rings is 1. The lowest BCUT2D eigenvalue weighted by atomic mass is 9.99. The van der Waals surface area contributed by atoms with Gasteiger partial charge in [0.25, 0.3) is 0 Å². The molecule has 0 radical (unpaired) electrons. The minimum atomic E-state index is -0.760. The Hall–Kier alpha value is -1.51. The zero-order valence-electron chi connectivity index (χ0n) is 9.73. The maximum atomic E-state index is 10.8. The van der Waals surface area contributed by atoms with Crippen molar-refractivity contribution in [3.63, 3.8) is 0 Å². The molecular formula is C13H17NO2. The molecule has 1 unspecified atom stereocenters. The summed E-state index contributed by atoms with van der Waals surface area (Å²) in [6.07, 6.45) is 0.117. The summed E-state index contributed by atoms with van der Waals surface area (Å²) in [5, 5.41) is 8.90. The Morgan fingerprint density at radius 2 is 2.31 bits per heavy atom. The van der Waals surface area contributed by atoms with E-state index in [2.05, 4.69) is 24.8 Å². The van der Waals surface area contributed by atoms with E-state index in [4.69, 9.17) is 5.11 Å². The predicted octanol–water partition coefficient (Wildman–Crippen LogP) is 2.26. The minimum absolute atomic E-state index is 0.117. The highest BCUT2D eigenvalue weighted by atomic mass is 16.4. The van der Waals surface area contributed by atoms with Crippen LogP contribution in [0.5, 0.6) is 0 Å². The van der Waals surface area contributed by atoms with E-state index >= 15 is 0 Å². The fourth-order valence-electron chi connectivity index (χ4n) is 2.51. The number of aliphatic carboxylic acids is 1. The lowest BCUT2D eigenvalue weighted by molar-refractivity contribution is -0.136. The number of carboxylic acids is 1.